The Bertz CT molecular complexity index is 1970. The zero-order valence-corrected chi connectivity index (χ0v) is 25.9. The summed E-state index contributed by atoms with van der Waals surface area (Å²) in [5.74, 6) is 0. The summed E-state index contributed by atoms with van der Waals surface area (Å²) in [4.78, 5) is 15.0. The third-order valence-electron chi connectivity index (χ3n) is 9.10. The number of H-pyrrole nitrogens is 4. The van der Waals surface area contributed by atoms with Crippen molar-refractivity contribution in [2.75, 3.05) is 0 Å². The van der Waals surface area contributed by atoms with E-state index in [0.717, 1.165) is 82.7 Å². The molecule has 6 nitrogen and oxygen atoms in total. The molecule has 0 fully saturated rings. The standard InChI is InChI=1S/C36H42N6/c1-7-25-21(3)29-17-30-23(5)27(13-9-11-15-37)35(41-30)20-36-28(14-10-12-16-38)24(6)32(42-36)19-34-26(8-2)22(4)31(40-34)18-33(25)39-29/h17-20,39-42H,7-14H2,1-6H3. The van der Waals surface area contributed by atoms with Crippen LogP contribution in [0.15, 0.2) is 0 Å². The molecule has 4 N–H and O–H groups in total. The maximum Gasteiger partial charge on any atom is 0.0621 e. The van der Waals surface area contributed by atoms with Crippen molar-refractivity contribution in [2.45, 2.75) is 92.9 Å². The molecule has 5 heterocycles. The Morgan fingerprint density at radius 3 is 1.50 bits per heavy atom. The zero-order chi connectivity index (χ0) is 30.0. The van der Waals surface area contributed by atoms with E-state index in [1.54, 1.807) is 0 Å². The first-order chi connectivity index (χ1) is 20.3. The van der Waals surface area contributed by atoms with Crippen LogP contribution in [0.3, 0.4) is 0 Å². The zero-order valence-electron chi connectivity index (χ0n) is 25.9. The van der Waals surface area contributed by atoms with Crippen molar-refractivity contribution in [1.82, 2.24) is 19.9 Å². The molecule has 0 spiro atoms. The minimum atomic E-state index is 0.537. The lowest BCUT2D eigenvalue weighted by Gasteiger charge is -2.02. The van der Waals surface area contributed by atoms with Crippen LogP contribution in [-0.2, 0) is 25.7 Å². The fraction of sp³-hybridized carbons (Fsp3) is 0.389. The van der Waals surface area contributed by atoms with Crippen LogP contribution in [0.5, 0.6) is 0 Å². The SMILES string of the molecule is CCc1c2[nH]c(c1C)C=c1[nH]c(c(CCCC#N)c1C)=Cc1[nH]c(c(C)c1CCCC#N)C=c1[nH]c(c(C)c1CC)=C2. The topological polar surface area (TPSA) is 111 Å². The van der Waals surface area contributed by atoms with Gasteiger partial charge in [0.2, 0.25) is 0 Å². The predicted octanol–water partition coefficient (Wildman–Crippen LogP) is 4.68. The number of hydrogen-bond acceptors (Lipinski definition) is 2. The van der Waals surface area contributed by atoms with Crippen LogP contribution in [0.2, 0.25) is 0 Å². The molecular formula is C36H42N6. The molecule has 42 heavy (non-hydrogen) atoms. The first-order valence-corrected chi connectivity index (χ1v) is 15.3. The molecule has 0 aliphatic carbocycles. The highest BCUT2D eigenvalue weighted by Gasteiger charge is 2.16. The molecule has 0 atom stereocenters. The van der Waals surface area contributed by atoms with Gasteiger partial charge in [0.15, 0.2) is 0 Å². The Hall–Kier alpha value is -4.42. The highest BCUT2D eigenvalue weighted by molar-refractivity contribution is 5.65. The van der Waals surface area contributed by atoms with Crippen molar-refractivity contribution >= 4 is 24.3 Å². The maximum atomic E-state index is 9.23. The van der Waals surface area contributed by atoms with Crippen molar-refractivity contribution in [1.29, 1.82) is 10.5 Å². The molecule has 0 aromatic carbocycles. The van der Waals surface area contributed by atoms with Crippen LogP contribution < -0.4 is 21.4 Å². The van der Waals surface area contributed by atoms with Crippen LogP contribution in [0.25, 0.3) is 24.3 Å². The molecule has 5 rings (SSSR count). The number of nitrogens with one attached hydrogen (secondary N) is 4. The molecule has 216 valence electrons. The van der Waals surface area contributed by atoms with Gasteiger partial charge in [-0.1, -0.05) is 13.8 Å². The van der Waals surface area contributed by atoms with Gasteiger partial charge in [0.1, 0.15) is 0 Å². The summed E-state index contributed by atoms with van der Waals surface area (Å²) < 4.78 is 0. The van der Waals surface area contributed by atoms with Crippen molar-refractivity contribution < 1.29 is 0 Å². The molecule has 8 bridgehead atoms. The molecule has 1 aliphatic rings. The van der Waals surface area contributed by atoms with Crippen LogP contribution in [0.1, 0.15) is 107 Å². The second-order valence-electron chi connectivity index (χ2n) is 11.5. The van der Waals surface area contributed by atoms with Crippen LogP contribution in [0.4, 0.5) is 0 Å². The van der Waals surface area contributed by atoms with E-state index in [0.29, 0.717) is 12.8 Å². The summed E-state index contributed by atoms with van der Waals surface area (Å²) in [6, 6.07) is 4.62. The smallest absolute Gasteiger partial charge is 0.0621 e. The largest absolute Gasteiger partial charge is 0.355 e. The first kappa shape index (κ1) is 29.1. The number of nitrogens with zero attached hydrogens (tertiary/aromatic N) is 2. The predicted molar refractivity (Wildman–Crippen MR) is 171 cm³/mol. The van der Waals surface area contributed by atoms with Crippen LogP contribution in [-0.4, -0.2) is 19.9 Å². The molecule has 0 saturated heterocycles. The average molecular weight is 559 g/mol. The summed E-state index contributed by atoms with van der Waals surface area (Å²) in [5, 5.41) is 22.9. The maximum absolute atomic E-state index is 9.23. The van der Waals surface area contributed by atoms with Crippen LogP contribution >= 0.6 is 0 Å². The molecular weight excluding hydrogens is 516 g/mol. The van der Waals surface area contributed by atoms with Gasteiger partial charge in [-0.25, -0.2) is 0 Å². The Morgan fingerprint density at radius 2 is 0.929 bits per heavy atom. The van der Waals surface area contributed by atoms with E-state index in [2.05, 4.69) is 97.9 Å². The third kappa shape index (κ3) is 5.30. The van der Waals surface area contributed by atoms with Crippen molar-refractivity contribution in [3.63, 3.8) is 0 Å². The number of nitriles is 2. The second-order valence-corrected chi connectivity index (χ2v) is 11.5. The van der Waals surface area contributed by atoms with Crippen molar-refractivity contribution in [2.24, 2.45) is 0 Å². The van der Waals surface area contributed by atoms with Gasteiger partial charge in [-0.2, -0.15) is 10.5 Å². The Morgan fingerprint density at radius 1 is 0.500 bits per heavy atom. The molecule has 0 amide bonds. The lowest BCUT2D eigenvalue weighted by molar-refractivity contribution is 0.840. The van der Waals surface area contributed by atoms with Gasteiger partial charge in [-0.3, -0.25) is 0 Å². The van der Waals surface area contributed by atoms with E-state index in [1.807, 2.05) is 0 Å². The highest BCUT2D eigenvalue weighted by Crippen LogP contribution is 2.23. The summed E-state index contributed by atoms with van der Waals surface area (Å²) in [7, 11) is 0. The quantitative estimate of drug-likeness (QED) is 0.207. The second kappa shape index (κ2) is 12.2. The van der Waals surface area contributed by atoms with Gasteiger partial charge in [-0.15, -0.1) is 0 Å². The third-order valence-corrected chi connectivity index (χ3v) is 9.10. The van der Waals surface area contributed by atoms with E-state index in [4.69, 9.17) is 0 Å². The van der Waals surface area contributed by atoms with E-state index >= 15 is 0 Å². The fourth-order valence-corrected chi connectivity index (χ4v) is 6.61. The minimum Gasteiger partial charge on any atom is -0.355 e. The summed E-state index contributed by atoms with van der Waals surface area (Å²) in [6.45, 7) is 13.2. The van der Waals surface area contributed by atoms with Gasteiger partial charge < -0.3 is 19.9 Å². The van der Waals surface area contributed by atoms with Gasteiger partial charge in [0.25, 0.3) is 0 Å². The van der Waals surface area contributed by atoms with E-state index < -0.39 is 0 Å². The Labute approximate surface area is 248 Å². The Balaban J connectivity index is 1.88. The molecule has 0 unspecified atom stereocenters. The number of aromatic nitrogens is 4. The van der Waals surface area contributed by atoms with E-state index in [1.165, 1.54) is 44.5 Å². The molecule has 4 aromatic heterocycles. The first-order valence-electron chi connectivity index (χ1n) is 15.3. The molecule has 4 aromatic rings. The normalized spacial score (nSPS) is 12.1. The number of unbranched alkanes of at least 4 members (excludes halogenated alkanes) is 2. The highest BCUT2D eigenvalue weighted by atomic mass is 14.8. The number of rotatable bonds is 8. The average Bonchev–Trinajstić information content (AvgIpc) is 3.63. The number of aromatic amines is 4. The molecule has 0 radical (unpaired) electrons. The number of hydrogen-bond donors (Lipinski definition) is 4. The van der Waals surface area contributed by atoms with E-state index in [9.17, 15) is 10.5 Å². The number of fused-ring (bicyclic) bond motifs is 8. The lowest BCUT2D eigenvalue weighted by atomic mass is 10.0. The molecule has 1 aliphatic heterocycles. The molecule has 6 heteroatoms. The minimum absolute atomic E-state index is 0.537. The Kier molecular flexibility index (Phi) is 8.46. The molecule has 0 saturated carbocycles. The monoisotopic (exact) mass is 558 g/mol. The summed E-state index contributed by atoms with van der Waals surface area (Å²) in [6.07, 6.45) is 15.3. The summed E-state index contributed by atoms with van der Waals surface area (Å²) >= 11 is 0. The van der Waals surface area contributed by atoms with Gasteiger partial charge in [-0.05, 0) is 135 Å². The van der Waals surface area contributed by atoms with Gasteiger partial charge >= 0.3 is 0 Å². The summed E-state index contributed by atoms with van der Waals surface area (Å²) in [5.41, 5.74) is 14.6. The van der Waals surface area contributed by atoms with E-state index in [-0.39, 0.29) is 0 Å². The van der Waals surface area contributed by atoms with Crippen molar-refractivity contribution in [3.8, 4) is 12.1 Å². The van der Waals surface area contributed by atoms with Crippen LogP contribution in [0, 0.1) is 50.4 Å². The lowest BCUT2D eigenvalue weighted by Crippen LogP contribution is -2.13. The van der Waals surface area contributed by atoms with Gasteiger partial charge in [0.05, 0.1) is 12.1 Å². The van der Waals surface area contributed by atoms with Gasteiger partial charge in [0, 0.05) is 57.0 Å². The van der Waals surface area contributed by atoms with Crippen molar-refractivity contribution in [3.05, 3.63) is 88.7 Å². The fourth-order valence-electron chi connectivity index (χ4n) is 6.61.